The van der Waals surface area contributed by atoms with Crippen molar-refractivity contribution in [2.24, 2.45) is 5.73 Å². The molecule has 1 heterocycles. The van der Waals surface area contributed by atoms with Gasteiger partial charge in [-0.1, -0.05) is 29.6 Å². The van der Waals surface area contributed by atoms with Gasteiger partial charge in [-0.2, -0.15) is 4.31 Å². The van der Waals surface area contributed by atoms with E-state index >= 15 is 0 Å². The molecular formula is C15H22Cl3N3O3S. The van der Waals surface area contributed by atoms with E-state index in [2.05, 4.69) is 5.32 Å². The fourth-order valence-electron chi connectivity index (χ4n) is 2.72. The largest absolute Gasteiger partial charge is 0.354 e. The number of hydrogen-bond acceptors (Lipinski definition) is 4. The summed E-state index contributed by atoms with van der Waals surface area (Å²) in [7, 11) is -3.70. The SMILES string of the molecule is Cl.NCCC(=O)NCC1CCCCN1S(=O)(=O)c1ccc(Cl)c(Cl)c1. The number of rotatable bonds is 6. The van der Waals surface area contributed by atoms with Crippen molar-refractivity contribution in [3.63, 3.8) is 0 Å². The number of halogens is 3. The highest BCUT2D eigenvalue weighted by molar-refractivity contribution is 7.89. The summed E-state index contributed by atoms with van der Waals surface area (Å²) in [6.45, 7) is 0.960. The minimum absolute atomic E-state index is 0. The van der Waals surface area contributed by atoms with E-state index in [0.29, 0.717) is 18.0 Å². The number of nitrogens with one attached hydrogen (secondary N) is 1. The Balaban J connectivity index is 0.00000312. The first-order valence-electron chi connectivity index (χ1n) is 7.80. The summed E-state index contributed by atoms with van der Waals surface area (Å²) in [5.41, 5.74) is 5.35. The second kappa shape index (κ2) is 9.94. The third kappa shape index (κ3) is 5.70. The molecule has 1 aliphatic heterocycles. The molecule has 0 saturated carbocycles. The Hall–Kier alpha value is -0.570. The Bertz CT molecular complexity index is 701. The molecule has 25 heavy (non-hydrogen) atoms. The first kappa shape index (κ1) is 22.5. The summed E-state index contributed by atoms with van der Waals surface area (Å²) in [4.78, 5) is 11.7. The average molecular weight is 431 g/mol. The number of nitrogens with zero attached hydrogens (tertiary/aromatic N) is 1. The summed E-state index contributed by atoms with van der Waals surface area (Å²) in [6, 6.07) is 4.00. The van der Waals surface area contributed by atoms with Crippen molar-refractivity contribution >= 4 is 51.5 Å². The zero-order chi connectivity index (χ0) is 17.7. The van der Waals surface area contributed by atoms with E-state index in [-0.39, 0.29) is 53.8 Å². The third-order valence-electron chi connectivity index (χ3n) is 3.98. The topological polar surface area (TPSA) is 92.5 Å². The van der Waals surface area contributed by atoms with Gasteiger partial charge < -0.3 is 11.1 Å². The van der Waals surface area contributed by atoms with Crippen molar-refractivity contribution in [3.05, 3.63) is 28.2 Å². The van der Waals surface area contributed by atoms with Gasteiger partial charge in [0.1, 0.15) is 0 Å². The first-order chi connectivity index (χ1) is 11.4. The average Bonchev–Trinajstić information content (AvgIpc) is 2.56. The molecule has 142 valence electrons. The lowest BCUT2D eigenvalue weighted by Crippen LogP contribution is -2.49. The highest BCUT2D eigenvalue weighted by Gasteiger charge is 2.33. The van der Waals surface area contributed by atoms with Gasteiger partial charge in [-0.3, -0.25) is 4.79 Å². The van der Waals surface area contributed by atoms with Crippen LogP contribution in [0.5, 0.6) is 0 Å². The molecule has 1 aromatic rings. The van der Waals surface area contributed by atoms with E-state index in [9.17, 15) is 13.2 Å². The van der Waals surface area contributed by atoms with Crippen molar-refractivity contribution in [1.29, 1.82) is 0 Å². The van der Waals surface area contributed by atoms with Crippen LogP contribution in [0.15, 0.2) is 23.1 Å². The van der Waals surface area contributed by atoms with Gasteiger partial charge in [0.15, 0.2) is 0 Å². The number of nitrogens with two attached hydrogens (primary N) is 1. The Kier molecular flexibility index (Phi) is 8.94. The molecule has 2 rings (SSSR count). The van der Waals surface area contributed by atoms with Gasteiger partial charge in [0, 0.05) is 32.1 Å². The zero-order valence-corrected chi connectivity index (χ0v) is 16.7. The molecule has 6 nitrogen and oxygen atoms in total. The van der Waals surface area contributed by atoms with Crippen LogP contribution in [-0.4, -0.2) is 44.3 Å². The van der Waals surface area contributed by atoms with Gasteiger partial charge in [-0.15, -0.1) is 12.4 Å². The van der Waals surface area contributed by atoms with E-state index < -0.39 is 10.0 Å². The lowest BCUT2D eigenvalue weighted by molar-refractivity contribution is -0.121. The number of piperidine rings is 1. The van der Waals surface area contributed by atoms with Gasteiger partial charge in [-0.05, 0) is 31.0 Å². The van der Waals surface area contributed by atoms with Gasteiger partial charge in [0.2, 0.25) is 15.9 Å². The third-order valence-corrected chi connectivity index (χ3v) is 6.66. The maximum Gasteiger partial charge on any atom is 0.243 e. The normalized spacial score (nSPS) is 18.4. The number of benzene rings is 1. The Labute approximate surface area is 164 Å². The molecule has 1 aromatic carbocycles. The fourth-order valence-corrected chi connectivity index (χ4v) is 4.80. The van der Waals surface area contributed by atoms with E-state index in [4.69, 9.17) is 28.9 Å². The van der Waals surface area contributed by atoms with Gasteiger partial charge in [0.05, 0.1) is 14.9 Å². The Morgan fingerprint density at radius 3 is 2.64 bits per heavy atom. The zero-order valence-electron chi connectivity index (χ0n) is 13.6. The second-order valence-electron chi connectivity index (χ2n) is 5.68. The van der Waals surface area contributed by atoms with Gasteiger partial charge in [0.25, 0.3) is 0 Å². The fraction of sp³-hybridized carbons (Fsp3) is 0.533. The van der Waals surface area contributed by atoms with Crippen LogP contribution in [-0.2, 0) is 14.8 Å². The summed E-state index contributed by atoms with van der Waals surface area (Å²) in [5, 5.41) is 3.26. The second-order valence-corrected chi connectivity index (χ2v) is 8.39. The van der Waals surface area contributed by atoms with Crippen molar-refractivity contribution < 1.29 is 13.2 Å². The summed E-state index contributed by atoms with van der Waals surface area (Å²) < 4.78 is 27.3. The molecule has 10 heteroatoms. The summed E-state index contributed by atoms with van der Waals surface area (Å²) in [5.74, 6) is -0.171. The number of carbonyl (C=O) groups is 1. The van der Waals surface area contributed by atoms with Crippen LogP contribution < -0.4 is 11.1 Å². The van der Waals surface area contributed by atoms with E-state index in [1.54, 1.807) is 0 Å². The molecule has 1 saturated heterocycles. The molecule has 0 aromatic heterocycles. The van der Waals surface area contributed by atoms with Crippen LogP contribution in [0, 0.1) is 0 Å². The molecule has 1 atom stereocenters. The van der Waals surface area contributed by atoms with Crippen molar-refractivity contribution in [3.8, 4) is 0 Å². The lowest BCUT2D eigenvalue weighted by atomic mass is 10.1. The molecule has 0 aliphatic carbocycles. The van der Waals surface area contributed by atoms with Crippen LogP contribution >= 0.6 is 35.6 Å². The molecule has 1 amide bonds. The summed E-state index contributed by atoms with van der Waals surface area (Å²) >= 11 is 11.8. The number of hydrogen-bond donors (Lipinski definition) is 2. The van der Waals surface area contributed by atoms with Crippen LogP contribution in [0.2, 0.25) is 10.0 Å². The molecule has 1 aliphatic rings. The van der Waals surface area contributed by atoms with Crippen LogP contribution in [0.25, 0.3) is 0 Å². The smallest absolute Gasteiger partial charge is 0.243 e. The molecule has 0 spiro atoms. The minimum Gasteiger partial charge on any atom is -0.354 e. The highest BCUT2D eigenvalue weighted by atomic mass is 35.5. The van der Waals surface area contributed by atoms with E-state index in [0.717, 1.165) is 12.8 Å². The molecular weight excluding hydrogens is 409 g/mol. The molecule has 0 radical (unpaired) electrons. The van der Waals surface area contributed by atoms with E-state index in [1.165, 1.54) is 22.5 Å². The number of amides is 1. The molecule has 0 bridgehead atoms. The highest BCUT2D eigenvalue weighted by Crippen LogP contribution is 2.29. The van der Waals surface area contributed by atoms with Crippen LogP contribution in [0.3, 0.4) is 0 Å². The number of carbonyl (C=O) groups excluding carboxylic acids is 1. The summed E-state index contributed by atoms with van der Waals surface area (Å²) in [6.07, 6.45) is 2.63. The molecule has 1 unspecified atom stereocenters. The van der Waals surface area contributed by atoms with Gasteiger partial charge >= 0.3 is 0 Å². The maximum atomic E-state index is 12.9. The monoisotopic (exact) mass is 429 g/mol. The minimum atomic E-state index is -3.70. The van der Waals surface area contributed by atoms with Crippen LogP contribution in [0.1, 0.15) is 25.7 Å². The standard InChI is InChI=1S/C15H21Cl2N3O3S.ClH/c16-13-5-4-12(9-14(13)17)24(22,23)20-8-2-1-3-11(20)10-19-15(21)6-7-18;/h4-5,9,11H,1-3,6-8,10,18H2,(H,19,21);1H. The van der Waals surface area contributed by atoms with E-state index in [1.807, 2.05) is 0 Å². The van der Waals surface area contributed by atoms with Crippen molar-refractivity contribution in [2.75, 3.05) is 19.6 Å². The molecule has 3 N–H and O–H groups in total. The number of sulfonamides is 1. The van der Waals surface area contributed by atoms with Crippen LogP contribution in [0.4, 0.5) is 0 Å². The predicted octanol–water partition coefficient (Wildman–Crippen LogP) is 2.42. The van der Waals surface area contributed by atoms with Crippen molar-refractivity contribution in [1.82, 2.24) is 9.62 Å². The van der Waals surface area contributed by atoms with Gasteiger partial charge in [-0.25, -0.2) is 8.42 Å². The Morgan fingerprint density at radius 2 is 2.00 bits per heavy atom. The lowest BCUT2D eigenvalue weighted by Gasteiger charge is -2.34. The van der Waals surface area contributed by atoms with Crippen molar-refractivity contribution in [2.45, 2.75) is 36.6 Å². The predicted molar refractivity (Wildman–Crippen MR) is 102 cm³/mol. The Morgan fingerprint density at radius 1 is 1.28 bits per heavy atom. The molecule has 1 fully saturated rings. The first-order valence-corrected chi connectivity index (χ1v) is 9.99. The maximum absolute atomic E-state index is 12.9. The quantitative estimate of drug-likeness (QED) is 0.725.